The van der Waals surface area contributed by atoms with Crippen molar-refractivity contribution in [3.05, 3.63) is 26.8 Å². The summed E-state index contributed by atoms with van der Waals surface area (Å²) in [6.45, 7) is 3.83. The summed E-state index contributed by atoms with van der Waals surface area (Å²) in [6.07, 6.45) is 0. The van der Waals surface area contributed by atoms with Gasteiger partial charge in [0, 0.05) is 8.59 Å². The molecule has 0 aromatic heterocycles. The number of nitrogens with two attached hydrogens (primary N) is 1. The smallest absolute Gasteiger partial charge is 0.241 e. The zero-order valence-corrected chi connectivity index (χ0v) is 12.0. The van der Waals surface area contributed by atoms with Gasteiger partial charge in [0.25, 0.3) is 0 Å². The second kappa shape index (κ2) is 5.84. The molecule has 1 aromatic rings. The fourth-order valence-electron chi connectivity index (χ4n) is 1.11. The Bertz CT molecular complexity index is 396. The molecular formula is C11H14ClIN2O. The van der Waals surface area contributed by atoms with Crippen LogP contribution in [0.5, 0.6) is 0 Å². The molecule has 0 saturated carbocycles. The van der Waals surface area contributed by atoms with Crippen molar-refractivity contribution in [1.29, 1.82) is 0 Å². The third-order valence-electron chi connectivity index (χ3n) is 2.21. The zero-order chi connectivity index (χ0) is 12.3. The highest BCUT2D eigenvalue weighted by Crippen LogP contribution is 2.22. The van der Waals surface area contributed by atoms with Gasteiger partial charge in [-0.25, -0.2) is 0 Å². The van der Waals surface area contributed by atoms with E-state index >= 15 is 0 Å². The summed E-state index contributed by atoms with van der Waals surface area (Å²) >= 11 is 7.94. The predicted molar refractivity (Wildman–Crippen MR) is 75.6 cm³/mol. The van der Waals surface area contributed by atoms with Crippen LogP contribution < -0.4 is 11.1 Å². The van der Waals surface area contributed by atoms with Crippen molar-refractivity contribution < 1.29 is 4.79 Å². The van der Waals surface area contributed by atoms with Crippen LogP contribution in [0.3, 0.4) is 0 Å². The molecule has 1 amide bonds. The minimum Gasteiger partial charge on any atom is -0.324 e. The lowest BCUT2D eigenvalue weighted by atomic mass is 10.1. The van der Waals surface area contributed by atoms with Gasteiger partial charge in [0.1, 0.15) is 0 Å². The summed E-state index contributed by atoms with van der Waals surface area (Å²) in [6, 6.07) is 4.81. The van der Waals surface area contributed by atoms with Crippen LogP contribution >= 0.6 is 34.2 Å². The van der Waals surface area contributed by atoms with Crippen molar-refractivity contribution in [3.8, 4) is 0 Å². The second-order valence-electron chi connectivity index (χ2n) is 3.88. The summed E-state index contributed by atoms with van der Waals surface area (Å²) in [5.74, 6) is -0.0554. The first-order valence-corrected chi connectivity index (χ1v) is 6.39. The van der Waals surface area contributed by atoms with Gasteiger partial charge in [-0.2, -0.15) is 0 Å². The number of hydrogen-bond acceptors (Lipinski definition) is 2. The van der Waals surface area contributed by atoms with Crippen molar-refractivity contribution in [3.63, 3.8) is 0 Å². The van der Waals surface area contributed by atoms with E-state index < -0.39 is 6.04 Å². The van der Waals surface area contributed by atoms with Crippen molar-refractivity contribution in [2.75, 3.05) is 5.32 Å². The molecule has 0 heterocycles. The van der Waals surface area contributed by atoms with E-state index in [1.807, 2.05) is 13.8 Å². The maximum atomic E-state index is 11.7. The van der Waals surface area contributed by atoms with Crippen LogP contribution in [0.2, 0.25) is 5.02 Å². The molecule has 16 heavy (non-hydrogen) atoms. The van der Waals surface area contributed by atoms with Gasteiger partial charge in [-0.15, -0.1) is 0 Å². The van der Waals surface area contributed by atoms with Gasteiger partial charge in [-0.3, -0.25) is 4.79 Å². The normalized spacial score (nSPS) is 12.6. The van der Waals surface area contributed by atoms with Gasteiger partial charge >= 0.3 is 0 Å². The Kier molecular flexibility index (Phi) is 5.01. The van der Waals surface area contributed by atoms with E-state index in [9.17, 15) is 4.79 Å². The Balaban J connectivity index is 2.77. The molecule has 0 fully saturated rings. The SMILES string of the molecule is CC(C)C(N)C(=O)Nc1ccc(Cl)cc1I. The van der Waals surface area contributed by atoms with Crippen LogP contribution in [0, 0.1) is 9.49 Å². The number of benzene rings is 1. The highest BCUT2D eigenvalue weighted by molar-refractivity contribution is 14.1. The minimum absolute atomic E-state index is 0.116. The van der Waals surface area contributed by atoms with Gasteiger partial charge < -0.3 is 11.1 Å². The molecule has 1 aromatic carbocycles. The number of nitrogens with one attached hydrogen (secondary N) is 1. The van der Waals surface area contributed by atoms with E-state index in [4.69, 9.17) is 17.3 Å². The van der Waals surface area contributed by atoms with Gasteiger partial charge in [-0.1, -0.05) is 25.4 Å². The molecular weight excluding hydrogens is 338 g/mol. The van der Waals surface area contributed by atoms with Crippen molar-refractivity contribution >= 4 is 45.8 Å². The summed E-state index contributed by atoms with van der Waals surface area (Å²) < 4.78 is 0.898. The monoisotopic (exact) mass is 352 g/mol. The van der Waals surface area contributed by atoms with E-state index in [0.717, 1.165) is 9.26 Å². The van der Waals surface area contributed by atoms with E-state index in [2.05, 4.69) is 27.9 Å². The zero-order valence-electron chi connectivity index (χ0n) is 9.13. The first-order chi connectivity index (χ1) is 7.41. The molecule has 0 aliphatic carbocycles. The van der Waals surface area contributed by atoms with E-state index in [-0.39, 0.29) is 11.8 Å². The predicted octanol–water partition coefficient (Wildman–Crippen LogP) is 2.87. The summed E-state index contributed by atoms with van der Waals surface area (Å²) in [5.41, 5.74) is 6.49. The minimum atomic E-state index is -0.494. The molecule has 0 spiro atoms. The van der Waals surface area contributed by atoms with Crippen LogP contribution in [0.1, 0.15) is 13.8 Å². The van der Waals surface area contributed by atoms with Gasteiger partial charge in [0.2, 0.25) is 5.91 Å². The maximum absolute atomic E-state index is 11.7. The molecule has 0 aliphatic heterocycles. The molecule has 3 N–H and O–H groups in total. The molecule has 88 valence electrons. The van der Waals surface area contributed by atoms with E-state index in [1.165, 1.54) is 0 Å². The van der Waals surface area contributed by atoms with Crippen LogP contribution in [-0.2, 0) is 4.79 Å². The molecule has 1 rings (SSSR count). The topological polar surface area (TPSA) is 55.1 Å². The Hall–Kier alpha value is -0.330. The maximum Gasteiger partial charge on any atom is 0.241 e. The Morgan fingerprint density at radius 3 is 2.62 bits per heavy atom. The molecule has 0 aliphatic rings. The molecule has 5 heteroatoms. The quantitative estimate of drug-likeness (QED) is 0.822. The van der Waals surface area contributed by atoms with Crippen LogP contribution in [-0.4, -0.2) is 11.9 Å². The van der Waals surface area contributed by atoms with Crippen LogP contribution in [0.4, 0.5) is 5.69 Å². The van der Waals surface area contributed by atoms with E-state index in [1.54, 1.807) is 18.2 Å². The highest BCUT2D eigenvalue weighted by atomic mass is 127. The fraction of sp³-hybridized carbons (Fsp3) is 0.364. The second-order valence-corrected chi connectivity index (χ2v) is 5.48. The lowest BCUT2D eigenvalue weighted by Gasteiger charge is -2.16. The van der Waals surface area contributed by atoms with Gasteiger partial charge in [-0.05, 0) is 46.7 Å². The number of amides is 1. The van der Waals surface area contributed by atoms with E-state index in [0.29, 0.717) is 5.02 Å². The number of carbonyl (C=O) groups is 1. The lowest BCUT2D eigenvalue weighted by Crippen LogP contribution is -2.39. The first-order valence-electron chi connectivity index (χ1n) is 4.93. The number of carbonyl (C=O) groups excluding carboxylic acids is 1. The average Bonchev–Trinajstić information content (AvgIpc) is 2.20. The number of rotatable bonds is 3. The standard InChI is InChI=1S/C11H14ClIN2O/c1-6(2)10(14)11(16)15-9-4-3-7(12)5-8(9)13/h3-6,10H,14H2,1-2H3,(H,15,16). The van der Waals surface area contributed by atoms with Crippen molar-refractivity contribution in [2.24, 2.45) is 11.7 Å². The summed E-state index contributed by atoms with van der Waals surface area (Å²) in [5, 5.41) is 3.44. The fourth-order valence-corrected chi connectivity index (χ4v) is 2.12. The summed E-state index contributed by atoms with van der Waals surface area (Å²) in [7, 11) is 0. The molecule has 0 radical (unpaired) electrons. The third-order valence-corrected chi connectivity index (χ3v) is 3.34. The molecule has 3 nitrogen and oxygen atoms in total. The number of halogens is 2. The van der Waals surface area contributed by atoms with Gasteiger partial charge in [0.05, 0.1) is 11.7 Å². The Labute approximate surface area is 114 Å². The molecule has 1 unspecified atom stereocenters. The van der Waals surface area contributed by atoms with Crippen molar-refractivity contribution in [2.45, 2.75) is 19.9 Å². The van der Waals surface area contributed by atoms with Crippen LogP contribution in [0.15, 0.2) is 18.2 Å². The largest absolute Gasteiger partial charge is 0.324 e. The first kappa shape index (κ1) is 13.7. The highest BCUT2D eigenvalue weighted by Gasteiger charge is 2.17. The van der Waals surface area contributed by atoms with Crippen LogP contribution in [0.25, 0.3) is 0 Å². The van der Waals surface area contributed by atoms with Crippen molar-refractivity contribution in [1.82, 2.24) is 0 Å². The number of hydrogen-bond donors (Lipinski definition) is 2. The number of anilines is 1. The molecule has 0 saturated heterocycles. The molecule has 1 atom stereocenters. The Morgan fingerprint density at radius 1 is 1.50 bits per heavy atom. The molecule has 0 bridgehead atoms. The lowest BCUT2D eigenvalue weighted by molar-refractivity contribution is -0.118. The third kappa shape index (κ3) is 3.61. The summed E-state index contributed by atoms with van der Waals surface area (Å²) in [4.78, 5) is 11.7. The van der Waals surface area contributed by atoms with Gasteiger partial charge in [0.15, 0.2) is 0 Å². The average molecular weight is 353 g/mol. The Morgan fingerprint density at radius 2 is 2.12 bits per heavy atom.